The molecule has 0 fully saturated rings. The molecule has 0 aliphatic heterocycles. The van der Waals surface area contributed by atoms with E-state index in [1.807, 2.05) is 40.7 Å². The molecule has 2 amide bonds. The lowest BCUT2D eigenvalue weighted by atomic mass is 10.0. The van der Waals surface area contributed by atoms with Crippen LogP contribution in [0.1, 0.15) is 51.9 Å². The average molecular weight is 409 g/mol. The lowest BCUT2D eigenvalue weighted by molar-refractivity contribution is -0.147. The van der Waals surface area contributed by atoms with Crippen molar-refractivity contribution in [1.82, 2.24) is 10.6 Å². The van der Waals surface area contributed by atoms with Crippen LogP contribution in [0, 0.1) is 5.92 Å². The highest BCUT2D eigenvalue weighted by Crippen LogP contribution is 2.24. The maximum atomic E-state index is 12.9. The number of thioether (sulfide) groups is 1. The fraction of sp³-hybridized carbons (Fsp3) is 0.571. The van der Waals surface area contributed by atoms with Crippen molar-refractivity contribution in [2.24, 2.45) is 5.92 Å². The second-order valence-corrected chi connectivity index (χ2v) is 9.64. The Bertz CT molecular complexity index is 656. The van der Waals surface area contributed by atoms with Gasteiger partial charge in [-0.1, -0.05) is 52.8 Å². The van der Waals surface area contributed by atoms with Crippen molar-refractivity contribution >= 4 is 29.5 Å². The zero-order valence-electron chi connectivity index (χ0n) is 17.6. The minimum absolute atomic E-state index is 0.0611. The molecule has 0 radical (unpaired) electrons. The fourth-order valence-corrected chi connectivity index (χ4v) is 3.24. The van der Waals surface area contributed by atoms with Crippen LogP contribution < -0.4 is 10.6 Å². The summed E-state index contributed by atoms with van der Waals surface area (Å²) in [5, 5.41) is 5.53. The quantitative estimate of drug-likeness (QED) is 0.614. The smallest absolute Gasteiger partial charge is 0.329 e. The summed E-state index contributed by atoms with van der Waals surface area (Å²) < 4.78 is 5.05. The second-order valence-electron chi connectivity index (χ2n) is 7.80. The largest absolute Gasteiger partial charge is 0.464 e. The molecule has 1 aromatic carbocycles. The van der Waals surface area contributed by atoms with Gasteiger partial charge in [-0.2, -0.15) is 11.8 Å². The maximum absolute atomic E-state index is 12.9. The number of hydrogen-bond acceptors (Lipinski definition) is 5. The molecule has 0 saturated heterocycles. The van der Waals surface area contributed by atoms with Gasteiger partial charge in [0, 0.05) is 16.1 Å². The Labute approximate surface area is 172 Å². The molecule has 0 spiro atoms. The van der Waals surface area contributed by atoms with Crippen molar-refractivity contribution < 1.29 is 19.1 Å². The topological polar surface area (TPSA) is 84.5 Å². The molecule has 1 rings (SSSR count). The summed E-state index contributed by atoms with van der Waals surface area (Å²) >= 11 is 1.57. The monoisotopic (exact) mass is 408 g/mol. The molecule has 0 aliphatic rings. The average Bonchev–Trinajstić information content (AvgIpc) is 2.62. The van der Waals surface area contributed by atoms with Crippen LogP contribution in [-0.4, -0.2) is 47.0 Å². The van der Waals surface area contributed by atoms with Crippen LogP contribution in [0.4, 0.5) is 0 Å². The van der Waals surface area contributed by atoms with Crippen molar-refractivity contribution in [3.05, 3.63) is 35.9 Å². The van der Waals surface area contributed by atoms with E-state index in [-0.39, 0.29) is 23.2 Å². The van der Waals surface area contributed by atoms with E-state index in [2.05, 4.69) is 10.6 Å². The number of esters is 1. The van der Waals surface area contributed by atoms with Gasteiger partial charge in [0.05, 0.1) is 6.61 Å². The van der Waals surface area contributed by atoms with Crippen LogP contribution in [-0.2, 0) is 14.3 Å². The minimum atomic E-state index is -0.772. The normalized spacial score (nSPS) is 13.5. The molecule has 2 unspecified atom stereocenters. The third kappa shape index (κ3) is 8.33. The highest BCUT2D eigenvalue weighted by atomic mass is 32.2. The third-order valence-corrected chi connectivity index (χ3v) is 5.21. The van der Waals surface area contributed by atoms with Crippen molar-refractivity contribution in [2.75, 3.05) is 12.4 Å². The highest BCUT2D eigenvalue weighted by molar-refractivity contribution is 8.00. The molecule has 2 N–H and O–H groups in total. The number of benzene rings is 1. The zero-order valence-corrected chi connectivity index (χ0v) is 18.4. The summed E-state index contributed by atoms with van der Waals surface area (Å²) in [7, 11) is 0. The summed E-state index contributed by atoms with van der Waals surface area (Å²) in [5.74, 6) is -0.945. The molecule has 0 bridgehead atoms. The first-order valence-electron chi connectivity index (χ1n) is 9.52. The van der Waals surface area contributed by atoms with E-state index in [1.165, 1.54) is 0 Å². The standard InChI is InChI=1S/C21H32N2O4S/c1-7-27-20(26)16(13-28-21(4,5)6)22-19(25)17(14(2)3)23-18(24)15-11-9-8-10-12-15/h8-12,14,16-17H,7,13H2,1-6H3,(H,22,25)(H,23,24). The summed E-state index contributed by atoms with van der Waals surface area (Å²) in [4.78, 5) is 37.6. The predicted octanol–water partition coefficient (Wildman–Crippen LogP) is 3.02. The number of carbonyl (C=O) groups is 3. The maximum Gasteiger partial charge on any atom is 0.329 e. The van der Waals surface area contributed by atoms with Gasteiger partial charge >= 0.3 is 5.97 Å². The molecule has 7 heteroatoms. The zero-order chi connectivity index (χ0) is 21.3. The molecule has 156 valence electrons. The Kier molecular flexibility index (Phi) is 9.52. The molecule has 0 saturated carbocycles. The van der Waals surface area contributed by atoms with Crippen LogP contribution in [0.2, 0.25) is 0 Å². The molecule has 6 nitrogen and oxygen atoms in total. The summed E-state index contributed by atoms with van der Waals surface area (Å²) in [6.07, 6.45) is 0. The van der Waals surface area contributed by atoms with Gasteiger partial charge in [-0.05, 0) is 25.0 Å². The first kappa shape index (κ1) is 24.0. The van der Waals surface area contributed by atoms with Crippen molar-refractivity contribution in [3.63, 3.8) is 0 Å². The molecule has 0 heterocycles. The van der Waals surface area contributed by atoms with Gasteiger partial charge in [-0.3, -0.25) is 9.59 Å². The first-order chi connectivity index (χ1) is 13.0. The highest BCUT2D eigenvalue weighted by Gasteiger charge is 2.30. The third-order valence-electron chi connectivity index (χ3n) is 3.84. The van der Waals surface area contributed by atoms with Gasteiger partial charge in [-0.15, -0.1) is 0 Å². The SMILES string of the molecule is CCOC(=O)C(CSC(C)(C)C)NC(=O)C(NC(=O)c1ccccc1)C(C)C. The predicted molar refractivity (Wildman–Crippen MR) is 113 cm³/mol. The van der Waals surface area contributed by atoms with Gasteiger partial charge < -0.3 is 15.4 Å². The number of rotatable bonds is 9. The molecule has 2 atom stereocenters. The molecule has 28 heavy (non-hydrogen) atoms. The number of carbonyl (C=O) groups excluding carboxylic acids is 3. The van der Waals surface area contributed by atoms with Crippen LogP contribution in [0.25, 0.3) is 0 Å². The van der Waals surface area contributed by atoms with Crippen molar-refractivity contribution in [2.45, 2.75) is 58.4 Å². The van der Waals surface area contributed by atoms with Crippen LogP contribution in [0.15, 0.2) is 30.3 Å². The summed E-state index contributed by atoms with van der Waals surface area (Å²) in [6.45, 7) is 11.8. The van der Waals surface area contributed by atoms with Gasteiger partial charge in [0.25, 0.3) is 5.91 Å². The van der Waals surface area contributed by atoms with E-state index in [9.17, 15) is 14.4 Å². The molecule has 1 aromatic rings. The summed E-state index contributed by atoms with van der Waals surface area (Å²) in [5.41, 5.74) is 0.478. The Morgan fingerprint density at radius 3 is 2.18 bits per heavy atom. The van der Waals surface area contributed by atoms with Gasteiger partial charge in [0.2, 0.25) is 5.91 Å². The molecule has 0 aromatic heterocycles. The summed E-state index contributed by atoms with van der Waals surface area (Å²) in [6, 6.07) is 7.19. The van der Waals surface area contributed by atoms with Crippen molar-refractivity contribution in [3.8, 4) is 0 Å². The van der Waals surface area contributed by atoms with Gasteiger partial charge in [-0.25, -0.2) is 4.79 Å². The minimum Gasteiger partial charge on any atom is -0.464 e. The number of nitrogens with one attached hydrogen (secondary N) is 2. The number of ether oxygens (including phenoxy) is 1. The Morgan fingerprint density at radius 2 is 1.68 bits per heavy atom. The first-order valence-corrected chi connectivity index (χ1v) is 10.5. The van der Waals surface area contributed by atoms with E-state index in [4.69, 9.17) is 4.74 Å². The van der Waals surface area contributed by atoms with Gasteiger partial charge in [0.15, 0.2) is 0 Å². The van der Waals surface area contributed by atoms with E-state index >= 15 is 0 Å². The van der Waals surface area contributed by atoms with E-state index in [0.29, 0.717) is 11.3 Å². The van der Waals surface area contributed by atoms with Crippen molar-refractivity contribution in [1.29, 1.82) is 0 Å². The van der Waals surface area contributed by atoms with Crippen LogP contribution in [0.3, 0.4) is 0 Å². The van der Waals surface area contributed by atoms with E-state index in [0.717, 1.165) is 0 Å². The van der Waals surface area contributed by atoms with Crippen LogP contribution in [0.5, 0.6) is 0 Å². The Balaban J connectivity index is 2.87. The number of amides is 2. The lowest BCUT2D eigenvalue weighted by Gasteiger charge is -2.26. The van der Waals surface area contributed by atoms with Crippen LogP contribution >= 0.6 is 11.8 Å². The Hall–Kier alpha value is -2.02. The second kappa shape index (κ2) is 11.1. The molecular weight excluding hydrogens is 376 g/mol. The van der Waals surface area contributed by atoms with E-state index < -0.39 is 24.0 Å². The molecule has 0 aliphatic carbocycles. The van der Waals surface area contributed by atoms with E-state index in [1.54, 1.807) is 43.0 Å². The fourth-order valence-electron chi connectivity index (χ4n) is 2.36. The van der Waals surface area contributed by atoms with Gasteiger partial charge in [0.1, 0.15) is 12.1 Å². The Morgan fingerprint density at radius 1 is 1.07 bits per heavy atom. The molecular formula is C21H32N2O4S. The number of hydrogen-bond donors (Lipinski definition) is 2. The lowest BCUT2D eigenvalue weighted by Crippen LogP contribution is -2.54.